The molecule has 1 aliphatic heterocycles. The van der Waals surface area contributed by atoms with E-state index in [9.17, 15) is 0 Å². The number of ether oxygens (including phenoxy) is 1. The first-order chi connectivity index (χ1) is 12.0. The average Bonchev–Trinajstić information content (AvgIpc) is 2.87. The van der Waals surface area contributed by atoms with Gasteiger partial charge in [-0.1, -0.05) is 12.1 Å². The van der Waals surface area contributed by atoms with Gasteiger partial charge in [0.2, 0.25) is 0 Å². The van der Waals surface area contributed by atoms with Crippen molar-refractivity contribution in [1.29, 1.82) is 0 Å². The van der Waals surface area contributed by atoms with Crippen molar-refractivity contribution < 1.29 is 4.74 Å². The third kappa shape index (κ3) is 2.63. The van der Waals surface area contributed by atoms with Gasteiger partial charge in [-0.15, -0.1) is 10.2 Å². The van der Waals surface area contributed by atoms with E-state index in [1.807, 2.05) is 50.0 Å². The van der Waals surface area contributed by atoms with Crippen LogP contribution in [-0.4, -0.2) is 27.0 Å². The van der Waals surface area contributed by atoms with Crippen LogP contribution in [0.15, 0.2) is 30.3 Å². The van der Waals surface area contributed by atoms with E-state index < -0.39 is 0 Å². The van der Waals surface area contributed by atoms with Crippen LogP contribution in [0.2, 0.25) is 0 Å². The van der Waals surface area contributed by atoms with E-state index in [1.165, 1.54) is 11.3 Å². The van der Waals surface area contributed by atoms with Crippen LogP contribution in [0.1, 0.15) is 22.5 Å². The molecule has 3 heterocycles. The van der Waals surface area contributed by atoms with E-state index in [2.05, 4.69) is 33.2 Å². The van der Waals surface area contributed by atoms with E-state index in [0.29, 0.717) is 6.61 Å². The number of rotatable bonds is 3. The van der Waals surface area contributed by atoms with E-state index in [0.717, 1.165) is 40.6 Å². The number of hydrogen-bond acceptors (Lipinski definition) is 5. The fourth-order valence-corrected chi connectivity index (χ4v) is 3.25. The molecule has 128 valence electrons. The Balaban J connectivity index is 1.64. The molecule has 0 N–H and O–H groups in total. The smallest absolute Gasteiger partial charge is 0.151 e. The van der Waals surface area contributed by atoms with Crippen molar-refractivity contribution in [3.63, 3.8) is 0 Å². The molecule has 1 aromatic carbocycles. The van der Waals surface area contributed by atoms with Gasteiger partial charge in [0.25, 0.3) is 0 Å². The Morgan fingerprint density at radius 3 is 2.76 bits per heavy atom. The normalized spacial score (nSPS) is 12.3. The largest absolute Gasteiger partial charge is 0.488 e. The third-order valence-electron chi connectivity index (χ3n) is 4.83. The summed E-state index contributed by atoms with van der Waals surface area (Å²) >= 11 is 0. The molecule has 0 atom stereocenters. The topological polar surface area (TPSA) is 56.1 Å². The molecule has 6 nitrogen and oxygen atoms in total. The Bertz CT molecular complexity index is 947. The number of benzene rings is 1. The number of fused-ring (bicyclic) bond motifs is 3. The lowest BCUT2D eigenvalue weighted by molar-refractivity contribution is 0.301. The summed E-state index contributed by atoms with van der Waals surface area (Å²) in [6, 6.07) is 10.0. The van der Waals surface area contributed by atoms with E-state index in [1.54, 1.807) is 0 Å². The summed E-state index contributed by atoms with van der Waals surface area (Å²) in [6.45, 7) is 5.40. The number of nitrogens with zero attached hydrogens (tertiary/aromatic N) is 5. The minimum absolute atomic E-state index is 0.521. The molecule has 0 spiro atoms. The minimum atomic E-state index is 0.521. The van der Waals surface area contributed by atoms with Gasteiger partial charge in [0.05, 0.1) is 5.69 Å². The highest BCUT2D eigenvalue weighted by Crippen LogP contribution is 2.36. The summed E-state index contributed by atoms with van der Waals surface area (Å²) < 4.78 is 7.76. The molecule has 0 unspecified atom stereocenters. The number of aromatic nitrogens is 4. The number of hydrogen-bond donors (Lipinski definition) is 0. The Morgan fingerprint density at radius 2 is 2.00 bits per heavy atom. The molecule has 1 aliphatic rings. The first-order valence-corrected chi connectivity index (χ1v) is 8.33. The maximum atomic E-state index is 5.84. The second kappa shape index (κ2) is 5.88. The lowest BCUT2D eigenvalue weighted by Crippen LogP contribution is -2.20. The standard InChI is InChI=1S/C19H21N5O/c1-12-16(13(2)24(4)22-12)10-23(3)18-9-14-11-25-17-8-6-5-7-15(17)19(14)21-20-18/h5-9H,10-11H2,1-4H3. The van der Waals surface area contributed by atoms with E-state index >= 15 is 0 Å². The van der Waals surface area contributed by atoms with Gasteiger partial charge in [0.1, 0.15) is 18.1 Å². The molecule has 2 aromatic heterocycles. The molecular formula is C19H21N5O. The van der Waals surface area contributed by atoms with Crippen molar-refractivity contribution >= 4 is 5.82 Å². The van der Waals surface area contributed by atoms with E-state index in [4.69, 9.17) is 4.74 Å². The predicted octanol–water partition coefficient (Wildman–Crippen LogP) is 3.02. The van der Waals surface area contributed by atoms with Gasteiger partial charge in [-0.2, -0.15) is 5.10 Å². The Labute approximate surface area is 147 Å². The maximum Gasteiger partial charge on any atom is 0.151 e. The van der Waals surface area contributed by atoms with Crippen LogP contribution in [0.4, 0.5) is 5.82 Å². The van der Waals surface area contributed by atoms with Crippen molar-refractivity contribution in [1.82, 2.24) is 20.0 Å². The minimum Gasteiger partial charge on any atom is -0.488 e. The van der Waals surface area contributed by atoms with Crippen LogP contribution in [0.25, 0.3) is 11.3 Å². The number of para-hydroxylation sites is 1. The van der Waals surface area contributed by atoms with E-state index in [-0.39, 0.29) is 0 Å². The third-order valence-corrected chi connectivity index (χ3v) is 4.83. The molecule has 6 heteroatoms. The van der Waals surface area contributed by atoms with Gasteiger partial charge in [0.15, 0.2) is 5.82 Å². The molecule has 0 fully saturated rings. The number of anilines is 1. The van der Waals surface area contributed by atoms with Crippen molar-refractivity contribution in [3.8, 4) is 17.0 Å². The molecule has 0 amide bonds. The molecule has 0 aliphatic carbocycles. The van der Waals surface area contributed by atoms with Crippen molar-refractivity contribution in [2.24, 2.45) is 7.05 Å². The molecule has 0 radical (unpaired) electrons. The highest BCUT2D eigenvalue weighted by molar-refractivity contribution is 5.72. The lowest BCUT2D eigenvalue weighted by atomic mass is 10.0. The first kappa shape index (κ1) is 15.6. The summed E-state index contributed by atoms with van der Waals surface area (Å²) in [5, 5.41) is 13.4. The van der Waals surface area contributed by atoms with Gasteiger partial charge in [-0.25, -0.2) is 0 Å². The molecule has 25 heavy (non-hydrogen) atoms. The van der Waals surface area contributed by atoms with Crippen molar-refractivity contribution in [2.75, 3.05) is 11.9 Å². The lowest BCUT2D eigenvalue weighted by Gasteiger charge is -2.22. The molecule has 0 bridgehead atoms. The number of aryl methyl sites for hydroxylation is 2. The molecule has 3 aromatic rings. The Kier molecular flexibility index (Phi) is 3.67. The van der Waals surface area contributed by atoms with Gasteiger partial charge in [0, 0.05) is 43.0 Å². The van der Waals surface area contributed by atoms with Gasteiger partial charge < -0.3 is 9.64 Å². The quantitative estimate of drug-likeness (QED) is 0.736. The zero-order valence-corrected chi connectivity index (χ0v) is 14.9. The highest BCUT2D eigenvalue weighted by atomic mass is 16.5. The summed E-state index contributed by atoms with van der Waals surface area (Å²) in [7, 11) is 4.00. The zero-order valence-electron chi connectivity index (χ0n) is 14.9. The van der Waals surface area contributed by atoms with Crippen LogP contribution >= 0.6 is 0 Å². The predicted molar refractivity (Wildman–Crippen MR) is 96.6 cm³/mol. The summed E-state index contributed by atoms with van der Waals surface area (Å²) in [4.78, 5) is 2.10. The van der Waals surface area contributed by atoms with Crippen LogP contribution in [0, 0.1) is 13.8 Å². The van der Waals surface area contributed by atoms with Crippen LogP contribution in [0.3, 0.4) is 0 Å². The Hall–Kier alpha value is -2.89. The Morgan fingerprint density at radius 1 is 1.20 bits per heavy atom. The van der Waals surface area contributed by atoms with Crippen LogP contribution in [0.5, 0.6) is 5.75 Å². The van der Waals surface area contributed by atoms with Crippen molar-refractivity contribution in [2.45, 2.75) is 27.0 Å². The average molecular weight is 335 g/mol. The molecule has 0 saturated heterocycles. The summed E-state index contributed by atoms with van der Waals surface area (Å²) in [5.74, 6) is 1.70. The molecular weight excluding hydrogens is 314 g/mol. The van der Waals surface area contributed by atoms with Gasteiger partial charge >= 0.3 is 0 Å². The maximum absolute atomic E-state index is 5.84. The monoisotopic (exact) mass is 335 g/mol. The molecule has 0 saturated carbocycles. The second-order valence-electron chi connectivity index (χ2n) is 6.49. The first-order valence-electron chi connectivity index (χ1n) is 8.33. The summed E-state index contributed by atoms with van der Waals surface area (Å²) in [6.07, 6.45) is 0. The fraction of sp³-hybridized carbons (Fsp3) is 0.316. The summed E-state index contributed by atoms with van der Waals surface area (Å²) in [5.41, 5.74) is 6.43. The van der Waals surface area contributed by atoms with Crippen LogP contribution < -0.4 is 9.64 Å². The fourth-order valence-electron chi connectivity index (χ4n) is 3.25. The molecule has 4 rings (SSSR count). The SMILES string of the molecule is Cc1nn(C)c(C)c1CN(C)c1cc2c(nn1)-c1ccccc1OC2. The zero-order chi connectivity index (χ0) is 17.6. The van der Waals surface area contributed by atoms with Gasteiger partial charge in [-0.05, 0) is 32.0 Å². The van der Waals surface area contributed by atoms with Crippen LogP contribution in [-0.2, 0) is 20.2 Å². The highest BCUT2D eigenvalue weighted by Gasteiger charge is 2.21. The second-order valence-corrected chi connectivity index (χ2v) is 6.49. The van der Waals surface area contributed by atoms with Crippen molar-refractivity contribution in [3.05, 3.63) is 52.8 Å². The van der Waals surface area contributed by atoms with Gasteiger partial charge in [-0.3, -0.25) is 4.68 Å².